The molecule has 0 aromatic rings. The Labute approximate surface area is 187 Å². The molecule has 3 saturated carbocycles. The zero-order valence-electron chi connectivity index (χ0n) is 20.0. The standard InChI is InChI=1S/C25H44N2O4/c1-17(2)19(24(30)11-7-5-8-12-24)26-21(28)23(15-16-23)22(29)27-20(18(3)4)25(31)13-9-6-10-14-25/h17-20,30-31H,5-16H2,1-4H3,(H,26,28)(H,27,29)/t19-,20-/m1/s1. The van der Waals surface area contributed by atoms with E-state index in [0.717, 1.165) is 38.5 Å². The Hall–Kier alpha value is -1.14. The normalized spacial score (nSPS) is 26.2. The second kappa shape index (κ2) is 9.38. The van der Waals surface area contributed by atoms with Crippen LogP contribution in [0.25, 0.3) is 0 Å². The van der Waals surface area contributed by atoms with Crippen LogP contribution in [0, 0.1) is 17.3 Å². The molecule has 6 heteroatoms. The van der Waals surface area contributed by atoms with Gasteiger partial charge in [0.05, 0.1) is 23.3 Å². The fourth-order valence-electron chi connectivity index (χ4n) is 6.03. The third kappa shape index (κ3) is 5.11. The van der Waals surface area contributed by atoms with Gasteiger partial charge in [-0.05, 0) is 50.4 Å². The lowest BCUT2D eigenvalue weighted by Gasteiger charge is -2.43. The Morgan fingerprint density at radius 2 is 0.935 bits per heavy atom. The van der Waals surface area contributed by atoms with Crippen LogP contribution in [0.1, 0.15) is 105 Å². The molecule has 0 aromatic heterocycles. The van der Waals surface area contributed by atoms with E-state index in [0.29, 0.717) is 38.5 Å². The van der Waals surface area contributed by atoms with Gasteiger partial charge in [-0.2, -0.15) is 0 Å². The minimum Gasteiger partial charge on any atom is -0.388 e. The van der Waals surface area contributed by atoms with Crippen molar-refractivity contribution >= 4 is 11.8 Å². The van der Waals surface area contributed by atoms with Crippen molar-refractivity contribution < 1.29 is 19.8 Å². The molecule has 4 N–H and O–H groups in total. The second-order valence-electron chi connectivity index (χ2n) is 11.3. The second-order valence-corrected chi connectivity index (χ2v) is 11.3. The number of aliphatic hydroxyl groups is 2. The molecule has 3 rings (SSSR count). The molecule has 3 aliphatic rings. The van der Waals surface area contributed by atoms with Crippen LogP contribution < -0.4 is 10.6 Å². The molecule has 6 nitrogen and oxygen atoms in total. The number of hydrogen-bond donors (Lipinski definition) is 4. The summed E-state index contributed by atoms with van der Waals surface area (Å²) >= 11 is 0. The molecule has 2 atom stereocenters. The summed E-state index contributed by atoms with van der Waals surface area (Å²) in [5.41, 5.74) is -2.85. The average molecular weight is 437 g/mol. The fraction of sp³-hybridized carbons (Fsp3) is 0.920. The fourth-order valence-corrected chi connectivity index (χ4v) is 6.03. The van der Waals surface area contributed by atoms with Gasteiger partial charge in [-0.15, -0.1) is 0 Å². The van der Waals surface area contributed by atoms with Crippen LogP contribution in [0.4, 0.5) is 0 Å². The van der Waals surface area contributed by atoms with E-state index in [1.807, 2.05) is 27.7 Å². The lowest BCUT2D eigenvalue weighted by Crippen LogP contribution is -2.61. The van der Waals surface area contributed by atoms with E-state index >= 15 is 0 Å². The maximum Gasteiger partial charge on any atom is 0.236 e. The van der Waals surface area contributed by atoms with Crippen molar-refractivity contribution in [3.05, 3.63) is 0 Å². The first-order chi connectivity index (χ1) is 14.5. The first-order valence-electron chi connectivity index (χ1n) is 12.6. The van der Waals surface area contributed by atoms with Crippen LogP contribution >= 0.6 is 0 Å². The molecular weight excluding hydrogens is 392 g/mol. The van der Waals surface area contributed by atoms with Crippen molar-refractivity contribution in [2.45, 2.75) is 128 Å². The maximum atomic E-state index is 13.3. The lowest BCUT2D eigenvalue weighted by molar-refractivity contribution is -0.142. The van der Waals surface area contributed by atoms with Crippen molar-refractivity contribution in [3.8, 4) is 0 Å². The highest BCUT2D eigenvalue weighted by molar-refractivity contribution is 6.08. The van der Waals surface area contributed by atoms with Crippen LogP contribution in [0.5, 0.6) is 0 Å². The summed E-state index contributed by atoms with van der Waals surface area (Å²) in [7, 11) is 0. The molecule has 2 amide bonds. The van der Waals surface area contributed by atoms with Crippen molar-refractivity contribution in [1.82, 2.24) is 10.6 Å². The van der Waals surface area contributed by atoms with E-state index in [4.69, 9.17) is 0 Å². The minimum absolute atomic E-state index is 0.0808. The summed E-state index contributed by atoms with van der Waals surface area (Å²) in [5, 5.41) is 28.7. The van der Waals surface area contributed by atoms with Gasteiger partial charge in [-0.3, -0.25) is 9.59 Å². The Bertz CT molecular complexity index is 592. The quantitative estimate of drug-likeness (QED) is 0.438. The van der Waals surface area contributed by atoms with Crippen LogP contribution in [0.3, 0.4) is 0 Å². The predicted octanol–water partition coefficient (Wildman–Crippen LogP) is 3.44. The van der Waals surface area contributed by atoms with Crippen LogP contribution in [0.15, 0.2) is 0 Å². The van der Waals surface area contributed by atoms with Gasteiger partial charge in [0.1, 0.15) is 5.41 Å². The molecule has 0 unspecified atom stereocenters. The van der Waals surface area contributed by atoms with Crippen LogP contribution in [0.2, 0.25) is 0 Å². The monoisotopic (exact) mass is 436 g/mol. The van der Waals surface area contributed by atoms with E-state index in [-0.39, 0.29) is 35.7 Å². The molecule has 178 valence electrons. The molecule has 0 radical (unpaired) electrons. The number of rotatable bonds is 8. The molecule has 0 heterocycles. The van der Waals surface area contributed by atoms with E-state index in [9.17, 15) is 19.8 Å². The first-order valence-corrected chi connectivity index (χ1v) is 12.6. The van der Waals surface area contributed by atoms with Gasteiger partial charge in [-0.25, -0.2) is 0 Å². The Morgan fingerprint density at radius 3 is 1.19 bits per heavy atom. The Kier molecular flexibility index (Phi) is 7.42. The molecule has 3 aliphatic carbocycles. The van der Waals surface area contributed by atoms with Crippen molar-refractivity contribution in [1.29, 1.82) is 0 Å². The number of carbonyl (C=O) groups is 2. The molecule has 0 bridgehead atoms. The number of nitrogens with one attached hydrogen (secondary N) is 2. The third-order valence-electron chi connectivity index (χ3n) is 8.12. The van der Waals surface area contributed by atoms with Gasteiger partial charge in [0, 0.05) is 0 Å². The zero-order valence-corrected chi connectivity index (χ0v) is 20.0. The van der Waals surface area contributed by atoms with Crippen LogP contribution in [-0.4, -0.2) is 45.3 Å². The zero-order chi connectivity index (χ0) is 22.9. The highest BCUT2D eigenvalue weighted by Gasteiger charge is 2.59. The highest BCUT2D eigenvalue weighted by atomic mass is 16.3. The van der Waals surface area contributed by atoms with Gasteiger partial charge < -0.3 is 20.8 Å². The molecule has 3 fully saturated rings. The van der Waals surface area contributed by atoms with Crippen molar-refractivity contribution in [2.24, 2.45) is 17.3 Å². The average Bonchev–Trinajstić information content (AvgIpc) is 3.52. The number of amides is 2. The molecule has 31 heavy (non-hydrogen) atoms. The molecule has 0 aromatic carbocycles. The molecule has 0 saturated heterocycles. The molecule has 0 aliphatic heterocycles. The number of carbonyl (C=O) groups excluding carboxylic acids is 2. The third-order valence-corrected chi connectivity index (χ3v) is 8.12. The summed E-state index contributed by atoms with van der Waals surface area (Å²) < 4.78 is 0. The summed E-state index contributed by atoms with van der Waals surface area (Å²) in [6.07, 6.45) is 9.93. The predicted molar refractivity (Wildman–Crippen MR) is 121 cm³/mol. The Balaban J connectivity index is 1.71. The SMILES string of the molecule is CC(C)[C@@H](NC(=O)C1(C(=O)N[C@H](C(C)C)C2(O)CCCCC2)CC1)C1(O)CCCCC1. The minimum atomic E-state index is -1.06. The Morgan fingerprint density at radius 1 is 0.613 bits per heavy atom. The molecular formula is C25H44N2O4. The van der Waals surface area contributed by atoms with E-state index in [2.05, 4.69) is 10.6 Å². The van der Waals surface area contributed by atoms with Crippen molar-refractivity contribution in [2.75, 3.05) is 0 Å². The summed E-state index contributed by atoms with van der Waals surface area (Å²) in [5.74, 6) is -0.365. The van der Waals surface area contributed by atoms with E-state index in [1.165, 1.54) is 0 Å². The number of hydrogen-bond acceptors (Lipinski definition) is 4. The smallest absolute Gasteiger partial charge is 0.236 e. The summed E-state index contributed by atoms with van der Waals surface area (Å²) in [6, 6.07) is -0.706. The first kappa shape index (κ1) is 24.5. The summed E-state index contributed by atoms with van der Waals surface area (Å²) in [4.78, 5) is 26.7. The van der Waals surface area contributed by atoms with Crippen LogP contribution in [-0.2, 0) is 9.59 Å². The maximum absolute atomic E-state index is 13.3. The van der Waals surface area contributed by atoms with E-state index in [1.54, 1.807) is 0 Å². The largest absolute Gasteiger partial charge is 0.388 e. The highest BCUT2D eigenvalue weighted by Crippen LogP contribution is 2.47. The lowest BCUT2D eigenvalue weighted by atomic mass is 9.75. The van der Waals surface area contributed by atoms with Gasteiger partial charge in [0.2, 0.25) is 11.8 Å². The van der Waals surface area contributed by atoms with E-state index < -0.39 is 16.6 Å². The summed E-state index contributed by atoms with van der Waals surface area (Å²) in [6.45, 7) is 8.07. The molecule has 0 spiro atoms. The van der Waals surface area contributed by atoms with Crippen molar-refractivity contribution in [3.63, 3.8) is 0 Å². The van der Waals surface area contributed by atoms with Gasteiger partial charge in [0.25, 0.3) is 0 Å². The van der Waals surface area contributed by atoms with Gasteiger partial charge >= 0.3 is 0 Å². The van der Waals surface area contributed by atoms with Gasteiger partial charge in [-0.1, -0.05) is 66.2 Å². The van der Waals surface area contributed by atoms with Gasteiger partial charge in [0.15, 0.2) is 0 Å². The topological polar surface area (TPSA) is 98.7 Å².